The molecule has 0 unspecified atom stereocenters. The van der Waals surface area contributed by atoms with Gasteiger partial charge in [-0.25, -0.2) is 4.99 Å². The molecule has 30 heavy (non-hydrogen) atoms. The molecule has 2 aliphatic carbocycles. The summed E-state index contributed by atoms with van der Waals surface area (Å²) < 4.78 is 11.7. The fourth-order valence-corrected chi connectivity index (χ4v) is 5.59. The Morgan fingerprint density at radius 2 is 1.83 bits per heavy atom. The molecule has 2 spiro atoms. The molecule has 5 rings (SSSR count). The number of carbonyl (C=O) groups is 1. The van der Waals surface area contributed by atoms with Crippen LogP contribution in [-0.2, 0) is 21.5 Å². The SMILES string of the molecule is COC1CCC2(CC1)Cc1ccc(Oc3ccccc3)cc1[C@]21N=C(N)N(C)C1=O. The van der Waals surface area contributed by atoms with Gasteiger partial charge in [0.1, 0.15) is 11.5 Å². The lowest BCUT2D eigenvalue weighted by Crippen LogP contribution is -2.51. The van der Waals surface area contributed by atoms with Crippen molar-refractivity contribution in [1.29, 1.82) is 0 Å². The Morgan fingerprint density at radius 1 is 1.10 bits per heavy atom. The fourth-order valence-electron chi connectivity index (χ4n) is 5.59. The smallest absolute Gasteiger partial charge is 0.262 e. The quantitative estimate of drug-likeness (QED) is 0.847. The number of nitrogens with two attached hydrogens (primary N) is 1. The van der Waals surface area contributed by atoms with E-state index in [9.17, 15) is 4.79 Å². The number of methoxy groups -OCH3 is 1. The monoisotopic (exact) mass is 405 g/mol. The first kappa shape index (κ1) is 19.1. The minimum Gasteiger partial charge on any atom is -0.457 e. The third kappa shape index (κ3) is 2.59. The maximum Gasteiger partial charge on any atom is 0.262 e. The molecule has 156 valence electrons. The maximum absolute atomic E-state index is 13.7. The third-order valence-corrected chi connectivity index (χ3v) is 7.21. The minimum absolute atomic E-state index is 0.0357. The van der Waals surface area contributed by atoms with Crippen molar-refractivity contribution in [2.45, 2.75) is 43.7 Å². The number of carbonyl (C=O) groups excluding carboxylic acids is 1. The molecule has 2 aromatic rings. The summed E-state index contributed by atoms with van der Waals surface area (Å²) in [6, 6.07) is 15.7. The van der Waals surface area contributed by atoms with Crippen LogP contribution < -0.4 is 10.5 Å². The van der Waals surface area contributed by atoms with Crippen molar-refractivity contribution in [2.24, 2.45) is 16.1 Å². The zero-order valence-corrected chi connectivity index (χ0v) is 17.4. The number of hydrogen-bond donors (Lipinski definition) is 1. The molecule has 1 heterocycles. The van der Waals surface area contributed by atoms with Crippen molar-refractivity contribution < 1.29 is 14.3 Å². The highest BCUT2D eigenvalue weighted by molar-refractivity contribution is 6.08. The predicted molar refractivity (Wildman–Crippen MR) is 114 cm³/mol. The molecule has 1 amide bonds. The fraction of sp³-hybridized carbons (Fsp3) is 0.417. The number of nitrogens with zero attached hydrogens (tertiary/aromatic N) is 2. The van der Waals surface area contributed by atoms with Gasteiger partial charge in [-0.1, -0.05) is 24.3 Å². The van der Waals surface area contributed by atoms with E-state index in [-0.39, 0.29) is 23.4 Å². The Hall–Kier alpha value is -2.86. The molecule has 2 N–H and O–H groups in total. The average Bonchev–Trinajstić information content (AvgIpc) is 3.16. The Kier molecular flexibility index (Phi) is 4.36. The first-order valence-electron chi connectivity index (χ1n) is 10.5. The molecule has 2 aromatic carbocycles. The van der Waals surface area contributed by atoms with E-state index < -0.39 is 5.54 Å². The van der Waals surface area contributed by atoms with E-state index in [1.165, 1.54) is 4.90 Å². The molecule has 1 aliphatic heterocycles. The largest absolute Gasteiger partial charge is 0.457 e. The summed E-state index contributed by atoms with van der Waals surface area (Å²) in [7, 11) is 3.48. The second-order valence-electron chi connectivity index (χ2n) is 8.67. The number of guanidine groups is 1. The molecular weight excluding hydrogens is 378 g/mol. The number of likely N-dealkylation sites (N-methyl/N-ethyl adjacent to an activating group) is 1. The van der Waals surface area contributed by atoms with Gasteiger partial charge < -0.3 is 15.2 Å². The standard InChI is InChI=1S/C24H27N3O3/c1-27-21(28)24(26-22(27)25)20-14-19(30-18-6-4-3-5-7-18)9-8-16(20)15-23(24)12-10-17(29-2)11-13-23/h3-9,14,17H,10-13,15H2,1-2H3,(H2,25,26)/t17?,23?,24-/m1/s1. The normalized spacial score (nSPS) is 30.1. The van der Waals surface area contributed by atoms with Crippen molar-refractivity contribution in [1.82, 2.24) is 4.90 Å². The van der Waals surface area contributed by atoms with E-state index in [0.717, 1.165) is 49.0 Å². The zero-order valence-electron chi connectivity index (χ0n) is 17.4. The molecule has 0 radical (unpaired) electrons. The van der Waals surface area contributed by atoms with Gasteiger partial charge >= 0.3 is 0 Å². The molecular formula is C24H27N3O3. The topological polar surface area (TPSA) is 77.2 Å². The molecule has 6 nitrogen and oxygen atoms in total. The highest BCUT2D eigenvalue weighted by Crippen LogP contribution is 2.62. The van der Waals surface area contributed by atoms with Crippen LogP contribution in [0.1, 0.15) is 36.8 Å². The maximum atomic E-state index is 13.7. The van der Waals surface area contributed by atoms with Crippen LogP contribution in [0.5, 0.6) is 11.5 Å². The average molecular weight is 405 g/mol. The van der Waals surface area contributed by atoms with Crippen molar-refractivity contribution in [3.8, 4) is 11.5 Å². The lowest BCUT2D eigenvalue weighted by atomic mass is 9.61. The van der Waals surface area contributed by atoms with Crippen molar-refractivity contribution >= 4 is 11.9 Å². The van der Waals surface area contributed by atoms with E-state index in [2.05, 4.69) is 6.07 Å². The van der Waals surface area contributed by atoms with Crippen LogP contribution in [0.25, 0.3) is 0 Å². The van der Waals surface area contributed by atoms with Gasteiger partial charge in [0.2, 0.25) is 0 Å². The summed E-state index contributed by atoms with van der Waals surface area (Å²) in [5.74, 6) is 1.72. The molecule has 0 bridgehead atoms. The number of fused-ring (bicyclic) bond motifs is 3. The van der Waals surface area contributed by atoms with Crippen molar-refractivity contribution in [3.63, 3.8) is 0 Å². The molecule has 1 atom stereocenters. The van der Waals surface area contributed by atoms with Crippen LogP contribution in [0, 0.1) is 5.41 Å². The zero-order chi connectivity index (χ0) is 20.9. The van der Waals surface area contributed by atoms with E-state index in [4.69, 9.17) is 20.2 Å². The summed E-state index contributed by atoms with van der Waals surface area (Å²) >= 11 is 0. The third-order valence-electron chi connectivity index (χ3n) is 7.21. The number of rotatable bonds is 3. The lowest BCUT2D eigenvalue weighted by molar-refractivity contribution is -0.137. The Balaban J connectivity index is 1.60. The van der Waals surface area contributed by atoms with Gasteiger partial charge in [0, 0.05) is 19.6 Å². The van der Waals surface area contributed by atoms with E-state index >= 15 is 0 Å². The summed E-state index contributed by atoms with van der Waals surface area (Å²) in [4.78, 5) is 20.0. The number of para-hydroxylation sites is 1. The summed E-state index contributed by atoms with van der Waals surface area (Å²) in [6.07, 6.45) is 4.67. The molecule has 6 heteroatoms. The summed E-state index contributed by atoms with van der Waals surface area (Å²) in [6.45, 7) is 0. The Morgan fingerprint density at radius 3 is 2.47 bits per heavy atom. The number of hydrogen-bond acceptors (Lipinski definition) is 5. The highest BCUT2D eigenvalue weighted by atomic mass is 16.5. The summed E-state index contributed by atoms with van der Waals surface area (Å²) in [5, 5.41) is 0. The number of benzene rings is 2. The van der Waals surface area contributed by atoms with Gasteiger partial charge in [0.05, 0.1) is 6.10 Å². The van der Waals surface area contributed by atoms with Crippen LogP contribution in [0.2, 0.25) is 0 Å². The van der Waals surface area contributed by atoms with E-state index in [1.807, 2.05) is 42.5 Å². The molecule has 1 saturated carbocycles. The first-order chi connectivity index (χ1) is 14.5. The van der Waals surface area contributed by atoms with Gasteiger partial charge in [-0.3, -0.25) is 9.69 Å². The van der Waals surface area contributed by atoms with Gasteiger partial charge in [-0.2, -0.15) is 0 Å². The van der Waals surface area contributed by atoms with Crippen LogP contribution in [-0.4, -0.2) is 37.0 Å². The van der Waals surface area contributed by atoms with Gasteiger partial charge in [-0.05, 0) is 67.5 Å². The molecule has 3 aliphatic rings. The van der Waals surface area contributed by atoms with Gasteiger partial charge in [0.25, 0.3) is 5.91 Å². The first-order valence-corrected chi connectivity index (χ1v) is 10.5. The molecule has 0 aromatic heterocycles. The van der Waals surface area contributed by atoms with Crippen molar-refractivity contribution in [3.05, 3.63) is 59.7 Å². The number of amides is 1. The van der Waals surface area contributed by atoms with Crippen molar-refractivity contribution in [2.75, 3.05) is 14.2 Å². The second kappa shape index (κ2) is 6.84. The van der Waals surface area contributed by atoms with Gasteiger partial charge in [-0.15, -0.1) is 0 Å². The van der Waals surface area contributed by atoms with Crippen LogP contribution >= 0.6 is 0 Å². The molecule has 0 saturated heterocycles. The second-order valence-corrected chi connectivity index (χ2v) is 8.67. The predicted octanol–water partition coefficient (Wildman–Crippen LogP) is 3.59. The Bertz CT molecular complexity index is 1010. The number of ether oxygens (including phenoxy) is 2. The van der Waals surface area contributed by atoms with Crippen LogP contribution in [0.4, 0.5) is 0 Å². The molecule has 1 fully saturated rings. The van der Waals surface area contributed by atoms with Gasteiger partial charge in [0.15, 0.2) is 11.5 Å². The number of aliphatic imine (C=N–C) groups is 1. The van der Waals surface area contributed by atoms with Crippen LogP contribution in [0.15, 0.2) is 53.5 Å². The lowest BCUT2D eigenvalue weighted by Gasteiger charge is -2.45. The van der Waals surface area contributed by atoms with E-state index in [1.54, 1.807) is 14.2 Å². The Labute approximate surface area is 176 Å². The highest BCUT2D eigenvalue weighted by Gasteiger charge is 2.66. The van der Waals surface area contributed by atoms with E-state index in [0.29, 0.717) is 5.75 Å². The minimum atomic E-state index is -0.976. The summed E-state index contributed by atoms with van der Waals surface area (Å²) in [5.41, 5.74) is 7.03. The van der Waals surface area contributed by atoms with Crippen LogP contribution in [0.3, 0.4) is 0 Å².